The molecule has 0 spiro atoms. The molecule has 5 nitrogen and oxygen atoms in total. The predicted molar refractivity (Wildman–Crippen MR) is 98.3 cm³/mol. The van der Waals surface area contributed by atoms with Crippen molar-refractivity contribution in [2.24, 2.45) is 5.10 Å². The van der Waals surface area contributed by atoms with Crippen molar-refractivity contribution in [2.45, 2.75) is 0 Å². The minimum absolute atomic E-state index is 0.740. The van der Waals surface area contributed by atoms with Crippen LogP contribution >= 0.6 is 11.3 Å². The fourth-order valence-electron chi connectivity index (χ4n) is 2.32. The lowest BCUT2D eigenvalue weighted by molar-refractivity contribution is 1.25. The Morgan fingerprint density at radius 2 is 1.92 bits per heavy atom. The summed E-state index contributed by atoms with van der Waals surface area (Å²) in [4.78, 5) is 13.7. The predicted octanol–water partition coefficient (Wildman–Crippen LogP) is 4.20. The molecule has 0 saturated heterocycles. The molecule has 0 aliphatic heterocycles. The largest absolute Gasteiger partial charge is 0.265 e. The normalized spacial score (nSPS) is 11.2. The van der Waals surface area contributed by atoms with Gasteiger partial charge in [0.2, 0.25) is 0 Å². The number of rotatable bonds is 4. The maximum absolute atomic E-state index is 4.40. The summed E-state index contributed by atoms with van der Waals surface area (Å²) in [6.45, 7) is 0. The molecule has 0 aromatic carbocycles. The van der Waals surface area contributed by atoms with E-state index in [1.807, 2.05) is 30.5 Å². The second-order valence-corrected chi connectivity index (χ2v) is 6.16. The van der Waals surface area contributed by atoms with Crippen LogP contribution in [-0.2, 0) is 0 Å². The number of aromatic nitrogens is 3. The number of pyridine rings is 3. The fraction of sp³-hybridized carbons (Fsp3) is 0. The third kappa shape index (κ3) is 3.00. The molecule has 0 atom stereocenters. The van der Waals surface area contributed by atoms with Crippen LogP contribution in [0.25, 0.3) is 20.5 Å². The highest BCUT2D eigenvalue weighted by atomic mass is 32.1. The van der Waals surface area contributed by atoms with E-state index in [0.29, 0.717) is 0 Å². The minimum atomic E-state index is 0.740. The van der Waals surface area contributed by atoms with Crippen LogP contribution in [0.5, 0.6) is 0 Å². The van der Waals surface area contributed by atoms with Gasteiger partial charge in [-0.25, -0.2) is 4.98 Å². The molecule has 0 saturated carbocycles. The Labute approximate surface area is 142 Å². The Hall–Kier alpha value is -3.12. The van der Waals surface area contributed by atoms with Gasteiger partial charge in [-0.3, -0.25) is 15.4 Å². The van der Waals surface area contributed by atoms with Gasteiger partial charge in [-0.05, 0) is 35.9 Å². The molecule has 6 heteroatoms. The lowest BCUT2D eigenvalue weighted by Gasteiger charge is -2.00. The van der Waals surface area contributed by atoms with Crippen LogP contribution in [0.1, 0.15) is 5.56 Å². The van der Waals surface area contributed by atoms with E-state index in [1.54, 1.807) is 42.3 Å². The lowest BCUT2D eigenvalue weighted by Crippen LogP contribution is -1.93. The molecular formula is C18H13N5S. The number of thiophene rings is 1. The molecule has 4 aromatic heterocycles. The molecule has 4 heterocycles. The van der Waals surface area contributed by atoms with Crippen molar-refractivity contribution in [3.8, 4) is 10.4 Å². The average Bonchev–Trinajstić information content (AvgIpc) is 3.09. The summed E-state index contributed by atoms with van der Waals surface area (Å²) in [5, 5.41) is 5.32. The first-order valence-electron chi connectivity index (χ1n) is 7.38. The third-order valence-electron chi connectivity index (χ3n) is 3.48. The highest BCUT2D eigenvalue weighted by Gasteiger charge is 2.08. The summed E-state index contributed by atoms with van der Waals surface area (Å²) in [6.07, 6.45) is 10.7. The van der Waals surface area contributed by atoms with Crippen LogP contribution in [0.3, 0.4) is 0 Å². The maximum Gasteiger partial charge on any atom is 0.154 e. The standard InChI is InChI=1S/C18H13N5S/c1-2-14(12-20-6-1)17-10-15-16(24-17)5-9-21-18(15)23-22-11-13-3-7-19-8-4-13/h1-12H,(H,21,23)/b22-11+. The molecule has 0 amide bonds. The molecule has 4 rings (SSSR count). The molecule has 1 N–H and O–H groups in total. The molecule has 0 unspecified atom stereocenters. The number of anilines is 1. The monoisotopic (exact) mass is 331 g/mol. The van der Waals surface area contributed by atoms with Crippen molar-refractivity contribution >= 4 is 33.5 Å². The zero-order valence-electron chi connectivity index (χ0n) is 12.6. The Kier molecular flexibility index (Phi) is 3.95. The van der Waals surface area contributed by atoms with Crippen LogP contribution in [0, 0.1) is 0 Å². The number of fused-ring (bicyclic) bond motifs is 1. The minimum Gasteiger partial charge on any atom is -0.265 e. The Morgan fingerprint density at radius 1 is 1.00 bits per heavy atom. The topological polar surface area (TPSA) is 63.1 Å². The molecule has 0 aliphatic rings. The number of hydrogen-bond donors (Lipinski definition) is 1. The van der Waals surface area contributed by atoms with Gasteiger partial charge in [0, 0.05) is 51.5 Å². The van der Waals surface area contributed by atoms with Crippen LogP contribution in [0.4, 0.5) is 5.82 Å². The number of nitrogens with zero attached hydrogens (tertiary/aromatic N) is 4. The van der Waals surface area contributed by atoms with Gasteiger partial charge in [0.05, 0.1) is 6.21 Å². The summed E-state index contributed by atoms with van der Waals surface area (Å²) in [7, 11) is 0. The molecule has 4 aromatic rings. The van der Waals surface area contributed by atoms with Gasteiger partial charge in [0.25, 0.3) is 0 Å². The van der Waals surface area contributed by atoms with Gasteiger partial charge in [-0.15, -0.1) is 11.3 Å². The number of hydrogen-bond acceptors (Lipinski definition) is 6. The van der Waals surface area contributed by atoms with Gasteiger partial charge in [-0.2, -0.15) is 5.10 Å². The van der Waals surface area contributed by atoms with E-state index in [9.17, 15) is 0 Å². The lowest BCUT2D eigenvalue weighted by atomic mass is 10.2. The van der Waals surface area contributed by atoms with Crippen LogP contribution in [0.2, 0.25) is 0 Å². The van der Waals surface area contributed by atoms with Crippen molar-refractivity contribution in [2.75, 3.05) is 5.43 Å². The molecule has 24 heavy (non-hydrogen) atoms. The Bertz CT molecular complexity index is 980. The average molecular weight is 331 g/mol. The first-order valence-corrected chi connectivity index (χ1v) is 8.20. The SMILES string of the molecule is C(=N\Nc1nccc2sc(-c3cccnc3)cc12)/c1ccncc1. The zero-order valence-corrected chi connectivity index (χ0v) is 13.4. The number of hydrazone groups is 1. The van der Waals surface area contributed by atoms with Crippen LogP contribution in [-0.4, -0.2) is 21.2 Å². The molecule has 0 bridgehead atoms. The van der Waals surface area contributed by atoms with Crippen LogP contribution in [0.15, 0.2) is 72.5 Å². The van der Waals surface area contributed by atoms with Gasteiger partial charge >= 0.3 is 0 Å². The van der Waals surface area contributed by atoms with Gasteiger partial charge in [-0.1, -0.05) is 6.07 Å². The van der Waals surface area contributed by atoms with Crippen molar-refractivity contribution in [1.82, 2.24) is 15.0 Å². The van der Waals surface area contributed by atoms with E-state index in [2.05, 4.69) is 37.6 Å². The highest BCUT2D eigenvalue weighted by molar-refractivity contribution is 7.22. The summed E-state index contributed by atoms with van der Waals surface area (Å²) in [6, 6.07) is 11.9. The highest BCUT2D eigenvalue weighted by Crippen LogP contribution is 2.35. The quantitative estimate of drug-likeness (QED) is 0.450. The van der Waals surface area contributed by atoms with E-state index in [-0.39, 0.29) is 0 Å². The summed E-state index contributed by atoms with van der Waals surface area (Å²) in [5.74, 6) is 0.740. The molecule has 0 aliphatic carbocycles. The Balaban J connectivity index is 1.64. The first kappa shape index (κ1) is 14.5. The second-order valence-electron chi connectivity index (χ2n) is 5.07. The molecule has 0 fully saturated rings. The van der Waals surface area contributed by atoms with Gasteiger partial charge in [0.15, 0.2) is 5.82 Å². The Morgan fingerprint density at radius 3 is 2.75 bits per heavy atom. The summed E-state index contributed by atoms with van der Waals surface area (Å²) in [5.41, 5.74) is 5.11. The van der Waals surface area contributed by atoms with Crippen LogP contribution < -0.4 is 5.43 Å². The van der Waals surface area contributed by atoms with E-state index in [0.717, 1.165) is 31.9 Å². The first-order chi connectivity index (χ1) is 11.9. The molecule has 116 valence electrons. The smallest absolute Gasteiger partial charge is 0.154 e. The van der Waals surface area contributed by atoms with E-state index >= 15 is 0 Å². The van der Waals surface area contributed by atoms with Gasteiger partial charge < -0.3 is 0 Å². The van der Waals surface area contributed by atoms with Crippen molar-refractivity contribution in [3.05, 3.63) is 72.9 Å². The van der Waals surface area contributed by atoms with Gasteiger partial charge in [0.1, 0.15) is 0 Å². The fourth-order valence-corrected chi connectivity index (χ4v) is 3.37. The third-order valence-corrected chi connectivity index (χ3v) is 4.63. The summed E-state index contributed by atoms with van der Waals surface area (Å²) >= 11 is 1.71. The molecule has 0 radical (unpaired) electrons. The van der Waals surface area contributed by atoms with E-state index < -0.39 is 0 Å². The zero-order chi connectivity index (χ0) is 16.2. The van der Waals surface area contributed by atoms with Crippen molar-refractivity contribution < 1.29 is 0 Å². The van der Waals surface area contributed by atoms with E-state index in [1.165, 1.54) is 0 Å². The van der Waals surface area contributed by atoms with Crippen molar-refractivity contribution in [3.63, 3.8) is 0 Å². The van der Waals surface area contributed by atoms with Crippen molar-refractivity contribution in [1.29, 1.82) is 0 Å². The number of nitrogens with one attached hydrogen (secondary N) is 1. The second kappa shape index (κ2) is 6.55. The molecular weight excluding hydrogens is 318 g/mol. The van der Waals surface area contributed by atoms with E-state index in [4.69, 9.17) is 0 Å². The maximum atomic E-state index is 4.40. The summed E-state index contributed by atoms with van der Waals surface area (Å²) < 4.78 is 1.16.